The molecule has 1 fully saturated rings. The van der Waals surface area contributed by atoms with Crippen LogP contribution in [0.5, 0.6) is 0 Å². The summed E-state index contributed by atoms with van der Waals surface area (Å²) in [5, 5.41) is 0. The zero-order chi connectivity index (χ0) is 10.8. The third kappa shape index (κ3) is 2.20. The molecule has 0 amide bonds. The van der Waals surface area contributed by atoms with Crippen LogP contribution >= 0.6 is 0 Å². The van der Waals surface area contributed by atoms with Crippen LogP contribution in [0.4, 0.5) is 4.39 Å². The summed E-state index contributed by atoms with van der Waals surface area (Å²) < 4.78 is 13.6. The number of rotatable bonds is 2. The molecule has 0 aromatic heterocycles. The summed E-state index contributed by atoms with van der Waals surface area (Å²) in [6, 6.07) is 5.09. The lowest BCUT2D eigenvalue weighted by atomic mass is 9.91. The minimum atomic E-state index is -0.153. The van der Waals surface area contributed by atoms with Crippen molar-refractivity contribution < 1.29 is 4.39 Å². The monoisotopic (exact) mass is 207 g/mol. The smallest absolute Gasteiger partial charge is 0.127 e. The van der Waals surface area contributed by atoms with E-state index in [9.17, 15) is 4.39 Å². The summed E-state index contributed by atoms with van der Waals surface area (Å²) >= 11 is 0. The first-order valence-corrected chi connectivity index (χ1v) is 5.70. The molecule has 1 aromatic rings. The number of hydrogen-bond donors (Lipinski definition) is 1. The number of aryl methyl sites for hydroxylation is 1. The maximum atomic E-state index is 13.6. The minimum absolute atomic E-state index is 0.118. The molecule has 0 bridgehead atoms. The average molecular weight is 207 g/mol. The molecular formula is C13H18FN. The molecule has 1 atom stereocenters. The molecule has 1 aromatic carbocycles. The molecular weight excluding hydrogens is 189 g/mol. The number of halogens is 1. The van der Waals surface area contributed by atoms with Gasteiger partial charge in [-0.25, -0.2) is 4.39 Å². The van der Waals surface area contributed by atoms with Crippen molar-refractivity contribution in [2.75, 3.05) is 0 Å². The van der Waals surface area contributed by atoms with Crippen molar-refractivity contribution in [1.29, 1.82) is 0 Å². The molecule has 1 aliphatic rings. The SMILES string of the molecule is Cc1ccc(F)c([C@H](N)C2CCCC2)c1. The molecule has 0 aliphatic heterocycles. The minimum Gasteiger partial charge on any atom is -0.324 e. The Kier molecular flexibility index (Phi) is 3.06. The Bertz CT molecular complexity index is 342. The zero-order valence-corrected chi connectivity index (χ0v) is 9.17. The number of nitrogens with two attached hydrogens (primary N) is 1. The molecule has 1 saturated carbocycles. The Morgan fingerprint density at radius 1 is 1.33 bits per heavy atom. The molecule has 15 heavy (non-hydrogen) atoms. The van der Waals surface area contributed by atoms with Crippen LogP contribution in [0.1, 0.15) is 42.9 Å². The second-order valence-corrected chi connectivity index (χ2v) is 4.60. The van der Waals surface area contributed by atoms with Gasteiger partial charge in [-0.2, -0.15) is 0 Å². The first-order chi connectivity index (χ1) is 7.18. The van der Waals surface area contributed by atoms with E-state index < -0.39 is 0 Å². The molecule has 0 heterocycles. The van der Waals surface area contributed by atoms with Gasteiger partial charge in [0.25, 0.3) is 0 Å². The Balaban J connectivity index is 2.23. The van der Waals surface area contributed by atoms with Gasteiger partial charge in [-0.15, -0.1) is 0 Å². The molecule has 0 spiro atoms. The molecule has 0 radical (unpaired) electrons. The fourth-order valence-corrected chi connectivity index (χ4v) is 2.49. The fraction of sp³-hybridized carbons (Fsp3) is 0.538. The third-order valence-electron chi connectivity index (χ3n) is 3.42. The van der Waals surface area contributed by atoms with Crippen molar-refractivity contribution in [2.24, 2.45) is 11.7 Å². The van der Waals surface area contributed by atoms with Crippen molar-refractivity contribution in [2.45, 2.75) is 38.6 Å². The van der Waals surface area contributed by atoms with Gasteiger partial charge in [0.15, 0.2) is 0 Å². The largest absolute Gasteiger partial charge is 0.324 e. The fourth-order valence-electron chi connectivity index (χ4n) is 2.49. The summed E-state index contributed by atoms with van der Waals surface area (Å²) in [4.78, 5) is 0. The van der Waals surface area contributed by atoms with E-state index >= 15 is 0 Å². The van der Waals surface area contributed by atoms with Gasteiger partial charge in [0, 0.05) is 11.6 Å². The molecule has 82 valence electrons. The van der Waals surface area contributed by atoms with E-state index in [1.54, 1.807) is 6.07 Å². The van der Waals surface area contributed by atoms with Crippen LogP contribution < -0.4 is 5.73 Å². The molecule has 0 unspecified atom stereocenters. The van der Waals surface area contributed by atoms with E-state index in [1.165, 1.54) is 18.9 Å². The summed E-state index contributed by atoms with van der Waals surface area (Å²) in [5.41, 5.74) is 7.91. The first-order valence-electron chi connectivity index (χ1n) is 5.70. The molecule has 1 aliphatic carbocycles. The quantitative estimate of drug-likeness (QED) is 0.791. The molecule has 0 saturated heterocycles. The third-order valence-corrected chi connectivity index (χ3v) is 3.42. The van der Waals surface area contributed by atoms with Crippen molar-refractivity contribution >= 4 is 0 Å². The van der Waals surface area contributed by atoms with Gasteiger partial charge < -0.3 is 5.73 Å². The Morgan fingerprint density at radius 2 is 2.00 bits per heavy atom. The van der Waals surface area contributed by atoms with E-state index in [0.29, 0.717) is 11.5 Å². The van der Waals surface area contributed by atoms with E-state index in [-0.39, 0.29) is 11.9 Å². The molecule has 2 heteroatoms. The van der Waals surface area contributed by atoms with Crippen molar-refractivity contribution in [3.63, 3.8) is 0 Å². The molecule has 2 N–H and O–H groups in total. The molecule has 2 rings (SSSR count). The first kappa shape index (κ1) is 10.6. The number of benzene rings is 1. The van der Waals surface area contributed by atoms with Gasteiger partial charge in [-0.05, 0) is 31.7 Å². The predicted octanol–water partition coefficient (Wildman–Crippen LogP) is 3.32. The van der Waals surface area contributed by atoms with Gasteiger partial charge in [0.2, 0.25) is 0 Å². The van der Waals surface area contributed by atoms with Crippen LogP contribution in [0.15, 0.2) is 18.2 Å². The van der Waals surface area contributed by atoms with Crippen LogP contribution in [-0.2, 0) is 0 Å². The predicted molar refractivity (Wildman–Crippen MR) is 60.0 cm³/mol. The van der Waals surface area contributed by atoms with Gasteiger partial charge >= 0.3 is 0 Å². The van der Waals surface area contributed by atoms with Crippen molar-refractivity contribution in [3.8, 4) is 0 Å². The standard InChI is InChI=1S/C13H18FN/c1-9-6-7-12(14)11(8-9)13(15)10-4-2-3-5-10/h6-8,10,13H,2-5,15H2,1H3/t13-/m1/s1. The van der Waals surface area contributed by atoms with Crippen molar-refractivity contribution in [1.82, 2.24) is 0 Å². The lowest BCUT2D eigenvalue weighted by Crippen LogP contribution is -2.20. The van der Waals surface area contributed by atoms with Gasteiger partial charge in [0.1, 0.15) is 5.82 Å². The average Bonchev–Trinajstić information content (AvgIpc) is 2.74. The zero-order valence-electron chi connectivity index (χ0n) is 9.17. The second kappa shape index (κ2) is 4.31. The molecule has 1 nitrogen and oxygen atoms in total. The summed E-state index contributed by atoms with van der Waals surface area (Å²) in [5.74, 6) is 0.321. The lowest BCUT2D eigenvalue weighted by molar-refractivity contribution is 0.428. The van der Waals surface area contributed by atoms with Crippen LogP contribution in [0, 0.1) is 18.7 Å². The Hall–Kier alpha value is -0.890. The highest BCUT2D eigenvalue weighted by molar-refractivity contribution is 5.27. The summed E-state index contributed by atoms with van der Waals surface area (Å²) in [7, 11) is 0. The Labute approximate surface area is 90.5 Å². The Morgan fingerprint density at radius 3 is 2.67 bits per heavy atom. The highest BCUT2D eigenvalue weighted by Gasteiger charge is 2.25. The van der Waals surface area contributed by atoms with E-state index in [0.717, 1.165) is 18.4 Å². The summed E-state index contributed by atoms with van der Waals surface area (Å²) in [6.45, 7) is 1.98. The van der Waals surface area contributed by atoms with Gasteiger partial charge in [0.05, 0.1) is 0 Å². The maximum absolute atomic E-state index is 13.6. The van der Waals surface area contributed by atoms with E-state index in [2.05, 4.69) is 0 Å². The van der Waals surface area contributed by atoms with E-state index in [4.69, 9.17) is 5.73 Å². The van der Waals surface area contributed by atoms with Gasteiger partial charge in [-0.3, -0.25) is 0 Å². The number of hydrogen-bond acceptors (Lipinski definition) is 1. The van der Waals surface area contributed by atoms with Crippen molar-refractivity contribution in [3.05, 3.63) is 35.1 Å². The van der Waals surface area contributed by atoms with Crippen LogP contribution in [-0.4, -0.2) is 0 Å². The topological polar surface area (TPSA) is 26.0 Å². The van der Waals surface area contributed by atoms with Gasteiger partial charge in [-0.1, -0.05) is 30.5 Å². The highest BCUT2D eigenvalue weighted by atomic mass is 19.1. The van der Waals surface area contributed by atoms with E-state index in [1.807, 2.05) is 13.0 Å². The van der Waals surface area contributed by atoms with Crippen LogP contribution in [0.3, 0.4) is 0 Å². The maximum Gasteiger partial charge on any atom is 0.127 e. The highest BCUT2D eigenvalue weighted by Crippen LogP contribution is 2.35. The second-order valence-electron chi connectivity index (χ2n) is 4.60. The summed E-state index contributed by atoms with van der Waals surface area (Å²) in [6.07, 6.45) is 4.78. The lowest BCUT2D eigenvalue weighted by Gasteiger charge is -2.20. The van der Waals surface area contributed by atoms with Crippen LogP contribution in [0.25, 0.3) is 0 Å². The van der Waals surface area contributed by atoms with Crippen LogP contribution in [0.2, 0.25) is 0 Å². The normalized spacial score (nSPS) is 19.4.